The summed E-state index contributed by atoms with van der Waals surface area (Å²) in [6, 6.07) is 14.8. The van der Waals surface area contributed by atoms with Gasteiger partial charge in [-0.25, -0.2) is 0 Å². The lowest BCUT2D eigenvalue weighted by Crippen LogP contribution is -2.57. The van der Waals surface area contributed by atoms with Crippen molar-refractivity contribution < 1.29 is 29.4 Å². The first-order valence-electron chi connectivity index (χ1n) is 19.7. The van der Waals surface area contributed by atoms with E-state index in [9.17, 15) is 29.4 Å². The van der Waals surface area contributed by atoms with Gasteiger partial charge in [0.05, 0.1) is 11.8 Å². The maximum atomic E-state index is 14.4. The average molecular weight is 810 g/mol. The summed E-state index contributed by atoms with van der Waals surface area (Å²) in [4.78, 5) is 61.3. The smallest absolute Gasteiger partial charge is 0.258 e. The van der Waals surface area contributed by atoms with Crippen molar-refractivity contribution in [3.63, 3.8) is 0 Å². The topological polar surface area (TPSA) is 121 Å². The monoisotopic (exact) mass is 809 g/mol. The highest BCUT2D eigenvalue weighted by Crippen LogP contribution is 2.49. The first-order valence-corrected chi connectivity index (χ1v) is 23.1. The van der Waals surface area contributed by atoms with E-state index < -0.39 is 59.1 Å². The predicted octanol–water partition coefficient (Wildman–Crippen LogP) is 10.7. The van der Waals surface area contributed by atoms with Gasteiger partial charge in [0.25, 0.3) is 5.91 Å². The summed E-state index contributed by atoms with van der Waals surface area (Å²) < 4.78 is 0. The molecule has 0 aliphatic heterocycles. The van der Waals surface area contributed by atoms with E-state index >= 15 is 0 Å². The molecule has 3 N–H and O–H groups in total. The number of hydrogen-bond donors (Lipinski definition) is 3. The summed E-state index contributed by atoms with van der Waals surface area (Å²) >= 11 is 5.58. The van der Waals surface area contributed by atoms with Gasteiger partial charge >= 0.3 is 0 Å². The molecule has 1 saturated carbocycles. The number of Topliss-reactive ketones (excluding diaryl/α,β-unsaturated/α-hetero) is 3. The van der Waals surface area contributed by atoms with Crippen LogP contribution in [0.25, 0.3) is 19.5 Å². The van der Waals surface area contributed by atoms with Crippen molar-refractivity contribution in [2.45, 2.75) is 128 Å². The molecule has 7 nitrogen and oxygen atoms in total. The Kier molecular flexibility index (Phi) is 16.0. The maximum absolute atomic E-state index is 14.4. The molecule has 1 aliphatic carbocycles. The normalized spacial score (nSPS) is 18.4. The van der Waals surface area contributed by atoms with E-state index in [0.29, 0.717) is 22.7 Å². The summed E-state index contributed by atoms with van der Waals surface area (Å²) in [6.45, 7) is 4.67. The molecular weight excluding hydrogens is 755 g/mol. The molecule has 0 saturated heterocycles. The van der Waals surface area contributed by atoms with E-state index in [0.717, 1.165) is 90.1 Å². The van der Waals surface area contributed by atoms with Crippen LogP contribution in [0.4, 0.5) is 0 Å². The molecule has 292 valence electrons. The summed E-state index contributed by atoms with van der Waals surface area (Å²) in [5, 5.41) is 31.8. The Bertz CT molecular complexity index is 1660. The van der Waals surface area contributed by atoms with Crippen molar-refractivity contribution in [2.75, 3.05) is 6.54 Å². The van der Waals surface area contributed by atoms with Gasteiger partial charge < -0.3 is 15.5 Å². The minimum atomic E-state index is -2.30. The molecule has 5 rings (SSSR count). The standard InChI is InChI=1S/C43H55NO6S4/c1-3-5-7-9-11-12-14-20-38(47)42(49,39-23-21-36(53-39)34-18-16-26-51-34)30-28-33(46)31(29-32(30)45)43(50,41(48)44-25-15-13-10-8-6-4-2)40-24-22-37(54-40)35-19-17-27-52-35/h16-19,21-24,26-27,30-31,49-50H,3-15,20,25,28-29H2,1-2H3,(H,44,48). The second-order valence-corrected chi connectivity index (χ2v) is 18.6. The third-order valence-corrected chi connectivity index (χ3v) is 15.2. The molecule has 0 bridgehead atoms. The number of aliphatic hydroxyl groups is 2. The number of hydrogen-bond acceptors (Lipinski definition) is 10. The van der Waals surface area contributed by atoms with Crippen LogP contribution in [0.3, 0.4) is 0 Å². The van der Waals surface area contributed by atoms with E-state index in [1.165, 1.54) is 40.4 Å². The van der Waals surface area contributed by atoms with Crippen LogP contribution in [-0.4, -0.2) is 40.0 Å². The number of rotatable bonds is 23. The lowest BCUT2D eigenvalue weighted by atomic mass is 9.65. The lowest BCUT2D eigenvalue weighted by Gasteiger charge is -2.41. The first-order chi connectivity index (χ1) is 26.1. The molecule has 4 atom stereocenters. The summed E-state index contributed by atoms with van der Waals surface area (Å²) in [6.07, 6.45) is 12.3. The highest BCUT2D eigenvalue weighted by molar-refractivity contribution is 7.22. The Morgan fingerprint density at radius 3 is 1.59 bits per heavy atom. The van der Waals surface area contributed by atoms with Crippen molar-refractivity contribution in [3.8, 4) is 19.5 Å². The van der Waals surface area contributed by atoms with Crippen molar-refractivity contribution in [1.29, 1.82) is 0 Å². The van der Waals surface area contributed by atoms with Crippen molar-refractivity contribution in [1.82, 2.24) is 5.32 Å². The minimum Gasteiger partial charge on any atom is -0.376 e. The molecule has 0 spiro atoms. The highest BCUT2D eigenvalue weighted by atomic mass is 32.1. The van der Waals surface area contributed by atoms with Crippen LogP contribution in [0.2, 0.25) is 0 Å². The fraction of sp³-hybridized carbons (Fsp3) is 0.535. The Morgan fingerprint density at radius 2 is 1.09 bits per heavy atom. The Labute approximate surface area is 336 Å². The van der Waals surface area contributed by atoms with E-state index in [2.05, 4.69) is 19.2 Å². The van der Waals surface area contributed by atoms with Crippen LogP contribution in [-0.2, 0) is 30.4 Å². The molecule has 0 radical (unpaired) electrons. The van der Waals surface area contributed by atoms with Gasteiger partial charge in [0, 0.05) is 55.1 Å². The highest BCUT2D eigenvalue weighted by Gasteiger charge is 2.58. The zero-order chi connectivity index (χ0) is 38.6. The van der Waals surface area contributed by atoms with Crippen LogP contribution in [0.15, 0.2) is 59.3 Å². The van der Waals surface area contributed by atoms with E-state index in [1.807, 2.05) is 47.2 Å². The molecule has 1 aliphatic rings. The average Bonchev–Trinajstić information content (AvgIpc) is 4.01. The minimum absolute atomic E-state index is 0.0867. The van der Waals surface area contributed by atoms with Gasteiger partial charge in [-0.15, -0.1) is 45.3 Å². The van der Waals surface area contributed by atoms with Gasteiger partial charge in [0.15, 0.2) is 17.0 Å². The SMILES string of the molecule is CCCCCCCCCC(=O)C(O)(c1ccc(-c2cccs2)s1)C1CC(=O)C(C(O)(C(=O)NCCCCCCCC)c2ccc(-c3cccs3)s2)CC1=O. The molecule has 11 heteroatoms. The zero-order valence-corrected chi connectivity index (χ0v) is 34.9. The quantitative estimate of drug-likeness (QED) is 0.0642. The molecule has 4 heterocycles. The van der Waals surface area contributed by atoms with E-state index in [-0.39, 0.29) is 6.42 Å². The van der Waals surface area contributed by atoms with Crippen molar-refractivity contribution >= 4 is 68.6 Å². The Morgan fingerprint density at radius 1 is 0.630 bits per heavy atom. The summed E-state index contributed by atoms with van der Waals surface area (Å²) in [5.41, 5.74) is -4.50. The number of ketones is 3. The van der Waals surface area contributed by atoms with Gasteiger partial charge in [-0.05, 0) is 60.0 Å². The molecule has 1 fully saturated rings. The van der Waals surface area contributed by atoms with Crippen LogP contribution >= 0.6 is 45.3 Å². The van der Waals surface area contributed by atoms with Crippen LogP contribution in [0.5, 0.6) is 0 Å². The molecule has 4 unspecified atom stereocenters. The second-order valence-electron chi connectivity index (χ2n) is 14.6. The number of unbranched alkanes of at least 4 members (excludes halogenated alkanes) is 11. The van der Waals surface area contributed by atoms with Crippen molar-refractivity contribution in [3.05, 3.63) is 69.0 Å². The van der Waals surface area contributed by atoms with Crippen molar-refractivity contribution in [2.24, 2.45) is 11.8 Å². The summed E-state index contributed by atoms with van der Waals surface area (Å²) in [5.74, 6) is -4.88. The van der Waals surface area contributed by atoms with Gasteiger partial charge in [-0.2, -0.15) is 0 Å². The molecule has 1 amide bonds. The Balaban J connectivity index is 1.40. The number of thiophene rings is 4. The molecule has 0 aromatic carbocycles. The summed E-state index contributed by atoms with van der Waals surface area (Å²) in [7, 11) is 0. The largest absolute Gasteiger partial charge is 0.376 e. The van der Waals surface area contributed by atoms with Gasteiger partial charge in [0.1, 0.15) is 11.6 Å². The third-order valence-electron chi connectivity index (χ3n) is 10.7. The molecule has 4 aromatic heterocycles. The van der Waals surface area contributed by atoms with Crippen LogP contribution in [0, 0.1) is 11.8 Å². The fourth-order valence-corrected chi connectivity index (χ4v) is 11.5. The molecule has 4 aromatic rings. The number of nitrogens with one attached hydrogen (secondary N) is 1. The van der Waals surface area contributed by atoms with Gasteiger partial charge in [-0.1, -0.05) is 96.6 Å². The third kappa shape index (κ3) is 9.95. The zero-order valence-electron chi connectivity index (χ0n) is 31.6. The van der Waals surface area contributed by atoms with Gasteiger partial charge in [-0.3, -0.25) is 19.2 Å². The number of carbonyl (C=O) groups is 4. The maximum Gasteiger partial charge on any atom is 0.258 e. The Hall–Kier alpha value is -2.80. The van der Waals surface area contributed by atoms with E-state index in [1.54, 1.807) is 23.5 Å². The molecule has 54 heavy (non-hydrogen) atoms. The fourth-order valence-electron chi connectivity index (χ4n) is 7.48. The molecular formula is C43H55NO6S4. The number of carbonyl (C=O) groups excluding carboxylic acids is 4. The van der Waals surface area contributed by atoms with E-state index in [4.69, 9.17) is 0 Å². The second kappa shape index (κ2) is 20.4. The lowest BCUT2D eigenvalue weighted by molar-refractivity contribution is -0.167. The predicted molar refractivity (Wildman–Crippen MR) is 223 cm³/mol. The number of amides is 1. The van der Waals surface area contributed by atoms with Crippen LogP contribution < -0.4 is 5.32 Å². The first kappa shape index (κ1) is 42.3. The van der Waals surface area contributed by atoms with Gasteiger partial charge in [0.2, 0.25) is 0 Å². The van der Waals surface area contributed by atoms with Crippen LogP contribution in [0.1, 0.15) is 126 Å².